The highest BCUT2D eigenvalue weighted by Crippen LogP contribution is 2.22. The van der Waals surface area contributed by atoms with E-state index < -0.39 is 11.8 Å². The molecule has 3 aromatic heterocycles. The lowest BCUT2D eigenvalue weighted by molar-refractivity contribution is 0.101. The SMILES string of the molecule is Cc1cc(NC(=O)c2nc(C(=O)Nc3ccccc3Cl)n3ccccc23)no1. The van der Waals surface area contributed by atoms with Crippen molar-refractivity contribution < 1.29 is 14.1 Å². The molecule has 0 aliphatic rings. The molecule has 0 spiro atoms. The van der Waals surface area contributed by atoms with Crippen molar-refractivity contribution >= 4 is 40.4 Å². The number of hydrogen-bond donors (Lipinski definition) is 2. The summed E-state index contributed by atoms with van der Waals surface area (Å²) >= 11 is 6.10. The van der Waals surface area contributed by atoms with Crippen molar-refractivity contribution in [1.29, 1.82) is 0 Å². The highest BCUT2D eigenvalue weighted by molar-refractivity contribution is 6.33. The first kappa shape index (κ1) is 17.7. The van der Waals surface area contributed by atoms with Gasteiger partial charge in [-0.1, -0.05) is 35.0 Å². The zero-order chi connectivity index (χ0) is 19.7. The summed E-state index contributed by atoms with van der Waals surface area (Å²) in [6.07, 6.45) is 1.65. The molecular weight excluding hydrogens is 382 g/mol. The Morgan fingerprint density at radius 1 is 1.07 bits per heavy atom. The molecule has 8 nitrogen and oxygen atoms in total. The standard InChI is InChI=1S/C19H14ClN5O3/c1-11-10-15(24-28-11)22-18(26)16-14-8-4-5-9-25(14)17(23-16)19(27)21-13-7-3-2-6-12(13)20/h2-10H,1H3,(H,21,27)(H,22,24,26). The second kappa shape index (κ2) is 7.16. The van der Waals surface area contributed by atoms with Crippen molar-refractivity contribution in [3.8, 4) is 0 Å². The molecule has 0 saturated heterocycles. The van der Waals surface area contributed by atoms with Gasteiger partial charge in [-0.15, -0.1) is 0 Å². The highest BCUT2D eigenvalue weighted by Gasteiger charge is 2.22. The molecule has 0 bridgehead atoms. The van der Waals surface area contributed by atoms with Gasteiger partial charge >= 0.3 is 0 Å². The van der Waals surface area contributed by atoms with E-state index in [2.05, 4.69) is 20.8 Å². The van der Waals surface area contributed by atoms with Crippen LogP contribution in [0, 0.1) is 6.92 Å². The van der Waals surface area contributed by atoms with Gasteiger partial charge < -0.3 is 15.2 Å². The Bertz CT molecular complexity index is 1200. The van der Waals surface area contributed by atoms with E-state index in [0.29, 0.717) is 22.0 Å². The van der Waals surface area contributed by atoms with E-state index in [0.717, 1.165) is 0 Å². The summed E-state index contributed by atoms with van der Waals surface area (Å²) in [4.78, 5) is 29.7. The number of aromatic nitrogens is 3. The van der Waals surface area contributed by atoms with Crippen LogP contribution in [0.25, 0.3) is 5.52 Å². The number of hydrogen-bond acceptors (Lipinski definition) is 5. The first-order valence-corrected chi connectivity index (χ1v) is 8.68. The number of aryl methyl sites for hydroxylation is 1. The molecule has 0 unspecified atom stereocenters. The lowest BCUT2D eigenvalue weighted by atomic mass is 10.3. The molecule has 0 radical (unpaired) electrons. The Hall–Kier alpha value is -3.65. The highest BCUT2D eigenvalue weighted by atomic mass is 35.5. The molecule has 0 saturated carbocycles. The Labute approximate surface area is 164 Å². The van der Waals surface area contributed by atoms with Crippen molar-refractivity contribution in [1.82, 2.24) is 14.5 Å². The Morgan fingerprint density at radius 2 is 1.86 bits per heavy atom. The van der Waals surface area contributed by atoms with Crippen molar-refractivity contribution in [2.45, 2.75) is 6.92 Å². The van der Waals surface area contributed by atoms with Crippen molar-refractivity contribution in [2.75, 3.05) is 10.6 Å². The monoisotopic (exact) mass is 395 g/mol. The van der Waals surface area contributed by atoms with Gasteiger partial charge in [-0.2, -0.15) is 0 Å². The van der Waals surface area contributed by atoms with Gasteiger partial charge in [0.05, 0.1) is 16.2 Å². The van der Waals surface area contributed by atoms with Crippen LogP contribution in [0.3, 0.4) is 0 Å². The Balaban J connectivity index is 1.69. The summed E-state index contributed by atoms with van der Waals surface area (Å²) in [5.74, 6) is -0.122. The van der Waals surface area contributed by atoms with Gasteiger partial charge in [-0.25, -0.2) is 4.98 Å². The molecule has 3 heterocycles. The first-order valence-electron chi connectivity index (χ1n) is 8.30. The van der Waals surface area contributed by atoms with Gasteiger partial charge in [0, 0.05) is 12.3 Å². The average molecular weight is 396 g/mol. The number of para-hydroxylation sites is 1. The number of pyridine rings is 1. The number of nitrogens with zero attached hydrogens (tertiary/aromatic N) is 3. The summed E-state index contributed by atoms with van der Waals surface area (Å²) in [5, 5.41) is 9.45. The summed E-state index contributed by atoms with van der Waals surface area (Å²) in [5.41, 5.74) is 1.01. The van der Waals surface area contributed by atoms with Gasteiger partial charge in [0.1, 0.15) is 5.76 Å². The van der Waals surface area contributed by atoms with E-state index in [1.54, 1.807) is 61.7 Å². The fraction of sp³-hybridized carbons (Fsp3) is 0.0526. The third-order valence-electron chi connectivity index (χ3n) is 3.96. The van der Waals surface area contributed by atoms with Crippen LogP contribution in [0.4, 0.5) is 11.5 Å². The minimum absolute atomic E-state index is 0.0528. The molecule has 2 amide bonds. The molecule has 0 aliphatic heterocycles. The Kier molecular flexibility index (Phi) is 4.54. The van der Waals surface area contributed by atoms with E-state index in [9.17, 15) is 9.59 Å². The molecule has 0 aliphatic carbocycles. The number of amides is 2. The number of nitrogens with one attached hydrogen (secondary N) is 2. The molecule has 4 rings (SSSR count). The smallest absolute Gasteiger partial charge is 0.292 e. The maximum absolute atomic E-state index is 12.8. The van der Waals surface area contributed by atoms with Crippen LogP contribution >= 0.6 is 11.6 Å². The second-order valence-corrected chi connectivity index (χ2v) is 6.36. The average Bonchev–Trinajstić information content (AvgIpc) is 3.27. The number of benzene rings is 1. The zero-order valence-electron chi connectivity index (χ0n) is 14.6. The lowest BCUT2D eigenvalue weighted by Crippen LogP contribution is -2.16. The first-order chi connectivity index (χ1) is 13.5. The number of carbonyl (C=O) groups excluding carboxylic acids is 2. The van der Waals surface area contributed by atoms with Crippen LogP contribution in [-0.2, 0) is 0 Å². The summed E-state index contributed by atoms with van der Waals surface area (Å²) < 4.78 is 6.48. The molecule has 0 fully saturated rings. The summed E-state index contributed by atoms with van der Waals surface area (Å²) in [6.45, 7) is 1.71. The fourth-order valence-corrected chi connectivity index (χ4v) is 2.89. The maximum Gasteiger partial charge on any atom is 0.292 e. The van der Waals surface area contributed by atoms with Crippen molar-refractivity contribution in [2.24, 2.45) is 0 Å². The van der Waals surface area contributed by atoms with E-state index in [1.807, 2.05) is 0 Å². The molecule has 140 valence electrons. The van der Waals surface area contributed by atoms with Crippen LogP contribution in [0.5, 0.6) is 0 Å². The van der Waals surface area contributed by atoms with E-state index >= 15 is 0 Å². The van der Waals surface area contributed by atoms with Gasteiger partial charge in [0.2, 0.25) is 5.82 Å². The van der Waals surface area contributed by atoms with Crippen LogP contribution in [0.2, 0.25) is 5.02 Å². The van der Waals surface area contributed by atoms with E-state index in [1.165, 1.54) is 4.40 Å². The van der Waals surface area contributed by atoms with Gasteiger partial charge in [-0.05, 0) is 31.2 Å². The van der Waals surface area contributed by atoms with Gasteiger partial charge in [-0.3, -0.25) is 14.0 Å². The molecule has 1 aromatic carbocycles. The lowest BCUT2D eigenvalue weighted by Gasteiger charge is -2.06. The maximum atomic E-state index is 12.8. The largest absolute Gasteiger partial charge is 0.360 e. The molecule has 2 N–H and O–H groups in total. The van der Waals surface area contributed by atoms with Gasteiger partial charge in [0.25, 0.3) is 11.8 Å². The molecule has 0 atom stereocenters. The van der Waals surface area contributed by atoms with E-state index in [-0.39, 0.29) is 17.3 Å². The third kappa shape index (κ3) is 3.33. The molecular formula is C19H14ClN5O3. The molecule has 9 heteroatoms. The number of rotatable bonds is 4. The summed E-state index contributed by atoms with van der Waals surface area (Å²) in [6, 6.07) is 13.6. The number of anilines is 2. The number of fused-ring (bicyclic) bond motifs is 1. The van der Waals surface area contributed by atoms with Crippen molar-refractivity contribution in [3.05, 3.63) is 77.0 Å². The summed E-state index contributed by atoms with van der Waals surface area (Å²) in [7, 11) is 0. The second-order valence-electron chi connectivity index (χ2n) is 5.95. The third-order valence-corrected chi connectivity index (χ3v) is 4.29. The number of imidazole rings is 1. The topological polar surface area (TPSA) is 102 Å². The van der Waals surface area contributed by atoms with Gasteiger partial charge in [0.15, 0.2) is 11.5 Å². The fourth-order valence-electron chi connectivity index (χ4n) is 2.71. The van der Waals surface area contributed by atoms with Crippen LogP contribution < -0.4 is 10.6 Å². The minimum Gasteiger partial charge on any atom is -0.360 e. The normalized spacial score (nSPS) is 10.8. The number of halogens is 1. The molecule has 4 aromatic rings. The van der Waals surface area contributed by atoms with Crippen molar-refractivity contribution in [3.63, 3.8) is 0 Å². The van der Waals surface area contributed by atoms with Crippen LogP contribution in [0.15, 0.2) is 59.3 Å². The Morgan fingerprint density at radius 3 is 2.61 bits per heavy atom. The van der Waals surface area contributed by atoms with Crippen LogP contribution in [0.1, 0.15) is 26.9 Å². The predicted molar refractivity (Wildman–Crippen MR) is 104 cm³/mol. The predicted octanol–water partition coefficient (Wildman–Crippen LogP) is 3.79. The van der Waals surface area contributed by atoms with Crippen LogP contribution in [-0.4, -0.2) is 26.4 Å². The zero-order valence-corrected chi connectivity index (χ0v) is 15.4. The van der Waals surface area contributed by atoms with E-state index in [4.69, 9.17) is 16.1 Å². The molecule has 28 heavy (non-hydrogen) atoms. The quantitative estimate of drug-likeness (QED) is 0.547. The minimum atomic E-state index is -0.506. The number of carbonyl (C=O) groups is 2.